The van der Waals surface area contributed by atoms with Crippen LogP contribution in [0.15, 0.2) is 48.5 Å². The van der Waals surface area contributed by atoms with Crippen molar-refractivity contribution < 1.29 is 9.53 Å². The molecular formula is C30H33Cl2N7O2. The zero-order valence-electron chi connectivity index (χ0n) is 22.8. The van der Waals surface area contributed by atoms with E-state index in [2.05, 4.69) is 50.2 Å². The first-order chi connectivity index (χ1) is 19.9. The van der Waals surface area contributed by atoms with Gasteiger partial charge in [-0.2, -0.15) is 5.10 Å². The van der Waals surface area contributed by atoms with E-state index in [-0.39, 0.29) is 11.9 Å². The van der Waals surface area contributed by atoms with Crippen molar-refractivity contribution in [2.75, 3.05) is 49.3 Å². The van der Waals surface area contributed by atoms with Gasteiger partial charge in [-0.25, -0.2) is 4.98 Å². The maximum absolute atomic E-state index is 13.7. The molecule has 11 heteroatoms. The monoisotopic (exact) mass is 593 g/mol. The number of aromatic amines is 1. The molecule has 4 heterocycles. The number of nitrogens with zero attached hydrogens (tertiary/aromatic N) is 3. The number of likely N-dealkylation sites (tertiary alicyclic amines) is 1. The highest BCUT2D eigenvalue weighted by Gasteiger charge is 2.23. The smallest absolute Gasteiger partial charge is 0.259 e. The highest BCUT2D eigenvalue weighted by molar-refractivity contribution is 6.35. The summed E-state index contributed by atoms with van der Waals surface area (Å²) < 4.78 is 5.55. The minimum absolute atomic E-state index is 0.249. The molecule has 0 saturated carbocycles. The number of benzene rings is 2. The van der Waals surface area contributed by atoms with E-state index in [1.807, 2.05) is 12.1 Å². The van der Waals surface area contributed by atoms with E-state index in [1.165, 1.54) is 5.56 Å². The van der Waals surface area contributed by atoms with Gasteiger partial charge in [0.05, 0.1) is 21.8 Å². The van der Waals surface area contributed by atoms with Gasteiger partial charge >= 0.3 is 0 Å². The number of fused-ring (bicyclic) bond motifs is 1. The molecule has 0 unspecified atom stereocenters. The average molecular weight is 595 g/mol. The van der Waals surface area contributed by atoms with Gasteiger partial charge < -0.3 is 25.6 Å². The van der Waals surface area contributed by atoms with Crippen molar-refractivity contribution in [2.24, 2.45) is 0 Å². The number of ether oxygens (including phenoxy) is 1. The Bertz CT molecular complexity index is 1550. The molecule has 4 aromatic rings. The number of anilines is 4. The van der Waals surface area contributed by atoms with Gasteiger partial charge in [0.25, 0.3) is 5.91 Å². The molecule has 0 atom stereocenters. The van der Waals surface area contributed by atoms with Crippen LogP contribution in [0, 0.1) is 0 Å². The van der Waals surface area contributed by atoms with Gasteiger partial charge in [-0.3, -0.25) is 9.89 Å². The Hall–Kier alpha value is -3.37. The van der Waals surface area contributed by atoms with Gasteiger partial charge in [0.1, 0.15) is 11.3 Å². The number of halogens is 2. The second-order valence-electron chi connectivity index (χ2n) is 10.8. The molecule has 4 N–H and O–H groups in total. The Morgan fingerprint density at radius 3 is 2.61 bits per heavy atom. The molecule has 1 amide bonds. The predicted octanol–water partition coefficient (Wildman–Crippen LogP) is 6.66. The topological polar surface area (TPSA) is 107 Å². The molecule has 6 rings (SSSR count). The molecule has 2 aromatic heterocycles. The molecule has 9 nitrogen and oxygen atoms in total. The van der Waals surface area contributed by atoms with Crippen LogP contribution < -0.4 is 16.0 Å². The van der Waals surface area contributed by atoms with Gasteiger partial charge in [0, 0.05) is 30.0 Å². The summed E-state index contributed by atoms with van der Waals surface area (Å²) in [4.78, 5) is 20.8. The molecule has 2 aromatic carbocycles. The van der Waals surface area contributed by atoms with Crippen molar-refractivity contribution in [1.29, 1.82) is 0 Å². The Morgan fingerprint density at radius 1 is 1.00 bits per heavy atom. The van der Waals surface area contributed by atoms with E-state index in [1.54, 1.807) is 24.3 Å². The number of hydrogen-bond donors (Lipinski definition) is 4. The molecular weight excluding hydrogens is 561 g/mol. The fraction of sp³-hybridized carbons (Fsp3) is 0.367. The van der Waals surface area contributed by atoms with Crippen LogP contribution in [-0.4, -0.2) is 65.4 Å². The van der Waals surface area contributed by atoms with Crippen LogP contribution >= 0.6 is 23.2 Å². The van der Waals surface area contributed by atoms with Gasteiger partial charge in [0.2, 0.25) is 0 Å². The van der Waals surface area contributed by atoms with Crippen molar-refractivity contribution in [3.63, 3.8) is 0 Å². The zero-order valence-corrected chi connectivity index (χ0v) is 24.4. The molecule has 0 spiro atoms. The lowest BCUT2D eigenvalue weighted by Gasteiger charge is -2.30. The third-order valence-corrected chi connectivity index (χ3v) is 8.45. The number of rotatable bonds is 7. The van der Waals surface area contributed by atoms with Crippen molar-refractivity contribution in [1.82, 2.24) is 20.1 Å². The molecule has 0 radical (unpaired) electrons. The predicted molar refractivity (Wildman–Crippen MR) is 165 cm³/mol. The van der Waals surface area contributed by atoms with Crippen molar-refractivity contribution >= 4 is 63.2 Å². The first kappa shape index (κ1) is 27.8. The van der Waals surface area contributed by atoms with Crippen LogP contribution in [0.5, 0.6) is 0 Å². The second-order valence-corrected chi connectivity index (χ2v) is 11.6. The molecule has 0 bridgehead atoms. The SMILES string of the molecule is CN1CCC(c2ccc(C(=O)Nc3n[nH]c4ccc(Nc5cc(Cl)ccc5Cl)nc34)c(NC3CCOCC3)c2)CC1. The average Bonchev–Trinajstić information content (AvgIpc) is 3.37. The van der Waals surface area contributed by atoms with Crippen LogP contribution in [0.3, 0.4) is 0 Å². The van der Waals surface area contributed by atoms with Gasteiger partial charge in [-0.1, -0.05) is 29.3 Å². The van der Waals surface area contributed by atoms with Crippen LogP contribution in [0.25, 0.3) is 11.0 Å². The summed E-state index contributed by atoms with van der Waals surface area (Å²) in [6.07, 6.45) is 4.03. The Labute approximate surface area is 249 Å². The van der Waals surface area contributed by atoms with Gasteiger partial charge in [-0.15, -0.1) is 0 Å². The summed E-state index contributed by atoms with van der Waals surface area (Å²) in [6, 6.07) is 15.3. The minimum Gasteiger partial charge on any atom is -0.381 e. The Kier molecular flexibility index (Phi) is 8.30. The summed E-state index contributed by atoms with van der Waals surface area (Å²) in [6.45, 7) is 3.59. The Balaban J connectivity index is 1.26. The quantitative estimate of drug-likeness (QED) is 0.190. The molecule has 2 saturated heterocycles. The first-order valence-electron chi connectivity index (χ1n) is 14.0. The summed E-state index contributed by atoms with van der Waals surface area (Å²) >= 11 is 12.5. The number of aromatic nitrogens is 3. The van der Waals surface area contributed by atoms with E-state index in [9.17, 15) is 4.79 Å². The third-order valence-electron chi connectivity index (χ3n) is 7.89. The largest absolute Gasteiger partial charge is 0.381 e. The summed E-state index contributed by atoms with van der Waals surface area (Å²) in [7, 11) is 2.17. The molecule has 0 aliphatic carbocycles. The number of nitrogens with one attached hydrogen (secondary N) is 4. The molecule has 41 heavy (non-hydrogen) atoms. The van der Waals surface area contributed by atoms with E-state index < -0.39 is 0 Å². The number of piperidine rings is 1. The Morgan fingerprint density at radius 2 is 1.80 bits per heavy atom. The second kappa shape index (κ2) is 12.2. The van der Waals surface area contributed by atoms with Gasteiger partial charge in [-0.05, 0) is 99.8 Å². The number of H-pyrrole nitrogens is 1. The van der Waals surface area contributed by atoms with E-state index >= 15 is 0 Å². The van der Waals surface area contributed by atoms with Crippen molar-refractivity contribution in [3.05, 3.63) is 69.7 Å². The first-order valence-corrected chi connectivity index (χ1v) is 14.7. The normalized spacial score (nSPS) is 17.0. The standard InChI is InChI=1S/C30H33Cl2N7O2/c1-39-12-8-18(9-13-39)19-2-4-22(25(16-19)33-21-10-14-41-15-11-21)30(40)36-29-28-24(37-38-29)6-7-27(35-28)34-26-17-20(31)3-5-23(26)32/h2-7,16-18,21,33H,8-15H2,1H3,(H,34,35)(H2,36,37,38,40). The molecule has 2 aliphatic rings. The lowest BCUT2D eigenvalue weighted by atomic mass is 9.88. The van der Waals surface area contributed by atoms with Crippen molar-refractivity contribution in [3.8, 4) is 0 Å². The number of carbonyl (C=O) groups excluding carboxylic acids is 1. The third kappa shape index (κ3) is 6.43. The van der Waals surface area contributed by atoms with E-state index in [0.717, 1.165) is 57.7 Å². The number of pyridine rings is 1. The number of amides is 1. The lowest BCUT2D eigenvalue weighted by Crippen LogP contribution is -2.30. The van der Waals surface area contributed by atoms with Crippen molar-refractivity contribution in [2.45, 2.75) is 37.6 Å². The summed E-state index contributed by atoms with van der Waals surface area (Å²) in [5.74, 6) is 1.13. The fourth-order valence-electron chi connectivity index (χ4n) is 5.50. The summed E-state index contributed by atoms with van der Waals surface area (Å²) in [5, 5.41) is 18.2. The maximum atomic E-state index is 13.7. The zero-order chi connectivity index (χ0) is 28.3. The van der Waals surface area contributed by atoms with Crippen LogP contribution in [-0.2, 0) is 4.74 Å². The van der Waals surface area contributed by atoms with Crippen LogP contribution in [0.4, 0.5) is 23.0 Å². The molecule has 2 fully saturated rings. The highest BCUT2D eigenvalue weighted by atomic mass is 35.5. The number of hydrogen-bond acceptors (Lipinski definition) is 7. The van der Waals surface area contributed by atoms with E-state index in [0.29, 0.717) is 49.9 Å². The lowest BCUT2D eigenvalue weighted by molar-refractivity contribution is 0.0904. The molecule has 2 aliphatic heterocycles. The maximum Gasteiger partial charge on any atom is 0.259 e. The van der Waals surface area contributed by atoms with Crippen LogP contribution in [0.1, 0.15) is 47.5 Å². The minimum atomic E-state index is -0.249. The number of carbonyl (C=O) groups is 1. The highest BCUT2D eigenvalue weighted by Crippen LogP contribution is 2.33. The van der Waals surface area contributed by atoms with Crippen LogP contribution in [0.2, 0.25) is 10.0 Å². The van der Waals surface area contributed by atoms with Gasteiger partial charge in [0.15, 0.2) is 5.82 Å². The molecule has 214 valence electrons. The summed E-state index contributed by atoms with van der Waals surface area (Å²) in [5.41, 5.74) is 4.55. The fourth-order valence-corrected chi connectivity index (χ4v) is 5.84. The van der Waals surface area contributed by atoms with E-state index in [4.69, 9.17) is 32.9 Å².